The molecule has 0 aromatic carbocycles. The first-order chi connectivity index (χ1) is 8.96. The molecule has 1 fully saturated rings. The van der Waals surface area contributed by atoms with Crippen molar-refractivity contribution in [1.82, 2.24) is 10.2 Å². The molecule has 0 bridgehead atoms. The Morgan fingerprint density at radius 2 is 1.89 bits per heavy atom. The highest BCUT2D eigenvalue weighted by atomic mass is 19.4. The van der Waals surface area contributed by atoms with Gasteiger partial charge in [-0.3, -0.25) is 9.64 Å². The SMILES string of the molecule is CCCC1CN(CCOC(F)(F)F)C(CCC)CN1. The molecule has 0 aromatic heterocycles. The number of piperazine rings is 1. The number of rotatable bonds is 7. The molecule has 1 aliphatic heterocycles. The molecule has 2 atom stereocenters. The van der Waals surface area contributed by atoms with Crippen LogP contribution < -0.4 is 5.32 Å². The fourth-order valence-corrected chi connectivity index (χ4v) is 2.64. The summed E-state index contributed by atoms with van der Waals surface area (Å²) in [5, 5.41) is 3.49. The van der Waals surface area contributed by atoms with Crippen LogP contribution in [0.25, 0.3) is 0 Å². The standard InChI is InChI=1S/C13H25F3N2O/c1-3-5-11-10-18(7-8-19-13(14,15)16)12(6-4-2)9-17-11/h11-12,17H,3-10H2,1-2H3. The summed E-state index contributed by atoms with van der Waals surface area (Å²) in [6, 6.07) is 0.721. The first kappa shape index (κ1) is 16.7. The second-order valence-electron chi connectivity index (χ2n) is 5.13. The molecule has 114 valence electrons. The average molecular weight is 282 g/mol. The van der Waals surface area contributed by atoms with E-state index in [9.17, 15) is 13.2 Å². The average Bonchev–Trinajstić information content (AvgIpc) is 2.31. The van der Waals surface area contributed by atoms with E-state index in [0.717, 1.165) is 38.8 Å². The van der Waals surface area contributed by atoms with Crippen molar-refractivity contribution in [3.05, 3.63) is 0 Å². The number of nitrogens with one attached hydrogen (secondary N) is 1. The lowest BCUT2D eigenvalue weighted by Gasteiger charge is -2.40. The second kappa shape index (κ2) is 8.07. The highest BCUT2D eigenvalue weighted by molar-refractivity contribution is 4.85. The Morgan fingerprint density at radius 3 is 2.47 bits per heavy atom. The van der Waals surface area contributed by atoms with E-state index in [0.29, 0.717) is 18.6 Å². The van der Waals surface area contributed by atoms with E-state index in [1.807, 2.05) is 0 Å². The van der Waals surface area contributed by atoms with Crippen LogP contribution in [0, 0.1) is 0 Å². The van der Waals surface area contributed by atoms with Gasteiger partial charge in [0.05, 0.1) is 6.61 Å². The topological polar surface area (TPSA) is 24.5 Å². The molecule has 1 heterocycles. The summed E-state index contributed by atoms with van der Waals surface area (Å²) in [6.07, 6.45) is -0.311. The van der Waals surface area contributed by atoms with Crippen molar-refractivity contribution in [2.24, 2.45) is 0 Å². The van der Waals surface area contributed by atoms with E-state index in [-0.39, 0.29) is 6.61 Å². The van der Waals surface area contributed by atoms with E-state index in [4.69, 9.17) is 0 Å². The molecule has 0 aliphatic carbocycles. The molecule has 19 heavy (non-hydrogen) atoms. The van der Waals surface area contributed by atoms with Gasteiger partial charge in [-0.05, 0) is 12.8 Å². The van der Waals surface area contributed by atoms with Crippen LogP contribution in [-0.2, 0) is 4.74 Å². The smallest absolute Gasteiger partial charge is 0.311 e. The molecule has 3 nitrogen and oxygen atoms in total. The highest BCUT2D eigenvalue weighted by Gasteiger charge is 2.31. The summed E-state index contributed by atoms with van der Waals surface area (Å²) in [7, 11) is 0. The third kappa shape index (κ3) is 6.58. The Bertz CT molecular complexity index is 249. The number of ether oxygens (including phenoxy) is 1. The third-order valence-electron chi connectivity index (χ3n) is 3.52. The number of nitrogens with zero attached hydrogens (tertiary/aromatic N) is 1. The lowest BCUT2D eigenvalue weighted by molar-refractivity contribution is -0.325. The molecule has 0 aromatic rings. The molecule has 0 spiro atoms. The van der Waals surface area contributed by atoms with Crippen LogP contribution >= 0.6 is 0 Å². The van der Waals surface area contributed by atoms with Crippen LogP contribution in [0.3, 0.4) is 0 Å². The fraction of sp³-hybridized carbons (Fsp3) is 1.00. The largest absolute Gasteiger partial charge is 0.522 e. The summed E-state index contributed by atoms with van der Waals surface area (Å²) < 4.78 is 39.9. The van der Waals surface area contributed by atoms with Crippen molar-refractivity contribution >= 4 is 0 Å². The fourth-order valence-electron chi connectivity index (χ4n) is 2.64. The van der Waals surface area contributed by atoms with Gasteiger partial charge in [-0.2, -0.15) is 0 Å². The number of halogens is 3. The lowest BCUT2D eigenvalue weighted by atomic mass is 10.0. The van der Waals surface area contributed by atoms with Gasteiger partial charge in [0, 0.05) is 31.7 Å². The van der Waals surface area contributed by atoms with Crippen molar-refractivity contribution in [3.8, 4) is 0 Å². The Kier molecular flexibility index (Phi) is 7.10. The minimum atomic E-state index is -4.52. The van der Waals surface area contributed by atoms with Gasteiger partial charge in [0.15, 0.2) is 0 Å². The van der Waals surface area contributed by atoms with Gasteiger partial charge in [0.1, 0.15) is 0 Å². The quantitative estimate of drug-likeness (QED) is 0.777. The van der Waals surface area contributed by atoms with Crippen LogP contribution in [0.2, 0.25) is 0 Å². The molecule has 6 heteroatoms. The molecule has 0 saturated carbocycles. The summed E-state index contributed by atoms with van der Waals surface area (Å²) in [4.78, 5) is 2.14. The van der Waals surface area contributed by atoms with Crippen molar-refractivity contribution in [1.29, 1.82) is 0 Å². The molecule has 1 rings (SSSR count). The van der Waals surface area contributed by atoms with Crippen molar-refractivity contribution in [2.45, 2.75) is 58.0 Å². The van der Waals surface area contributed by atoms with Crippen LogP contribution in [0.15, 0.2) is 0 Å². The molecule has 0 amide bonds. The zero-order chi connectivity index (χ0) is 14.3. The van der Waals surface area contributed by atoms with Gasteiger partial charge >= 0.3 is 6.36 Å². The lowest BCUT2D eigenvalue weighted by Crippen LogP contribution is -2.57. The predicted octanol–water partition coefficient (Wildman–Crippen LogP) is 2.77. The normalized spacial score (nSPS) is 25.7. The molecule has 1 aliphatic rings. The maximum absolute atomic E-state index is 12.0. The van der Waals surface area contributed by atoms with E-state index in [2.05, 4.69) is 28.8 Å². The predicted molar refractivity (Wildman–Crippen MR) is 69.0 cm³/mol. The first-order valence-corrected chi connectivity index (χ1v) is 7.14. The van der Waals surface area contributed by atoms with Gasteiger partial charge in [-0.25, -0.2) is 0 Å². The Hall–Kier alpha value is -0.330. The van der Waals surface area contributed by atoms with Crippen LogP contribution in [-0.4, -0.2) is 49.6 Å². The maximum atomic E-state index is 12.0. The molecule has 0 radical (unpaired) electrons. The Balaban J connectivity index is 2.42. The number of alkyl halides is 3. The minimum absolute atomic E-state index is 0.275. The van der Waals surface area contributed by atoms with E-state index >= 15 is 0 Å². The molecular formula is C13H25F3N2O. The third-order valence-corrected chi connectivity index (χ3v) is 3.52. The summed E-state index contributed by atoms with van der Waals surface area (Å²) in [5.41, 5.74) is 0. The van der Waals surface area contributed by atoms with Crippen molar-refractivity contribution in [3.63, 3.8) is 0 Å². The minimum Gasteiger partial charge on any atom is -0.311 e. The second-order valence-corrected chi connectivity index (χ2v) is 5.13. The number of hydrogen-bond donors (Lipinski definition) is 1. The molecule has 2 unspecified atom stereocenters. The van der Waals surface area contributed by atoms with Gasteiger partial charge in [0.25, 0.3) is 0 Å². The molecular weight excluding hydrogens is 257 g/mol. The maximum Gasteiger partial charge on any atom is 0.522 e. The van der Waals surface area contributed by atoms with E-state index in [1.165, 1.54) is 0 Å². The zero-order valence-corrected chi connectivity index (χ0v) is 11.8. The molecule has 1 N–H and O–H groups in total. The zero-order valence-electron chi connectivity index (χ0n) is 11.8. The van der Waals surface area contributed by atoms with Gasteiger partial charge < -0.3 is 5.32 Å². The van der Waals surface area contributed by atoms with Gasteiger partial charge in [-0.1, -0.05) is 26.7 Å². The highest BCUT2D eigenvalue weighted by Crippen LogP contribution is 2.18. The summed E-state index contributed by atoms with van der Waals surface area (Å²) >= 11 is 0. The van der Waals surface area contributed by atoms with E-state index in [1.54, 1.807) is 0 Å². The van der Waals surface area contributed by atoms with Gasteiger partial charge in [-0.15, -0.1) is 13.2 Å². The van der Waals surface area contributed by atoms with Gasteiger partial charge in [0.2, 0.25) is 0 Å². The number of hydrogen-bond acceptors (Lipinski definition) is 3. The Morgan fingerprint density at radius 1 is 1.21 bits per heavy atom. The Labute approximate surface area is 113 Å². The first-order valence-electron chi connectivity index (χ1n) is 7.14. The summed E-state index contributed by atoms with van der Waals surface area (Å²) in [6.45, 7) is 5.98. The van der Waals surface area contributed by atoms with Crippen LogP contribution in [0.1, 0.15) is 39.5 Å². The van der Waals surface area contributed by atoms with Crippen LogP contribution in [0.4, 0.5) is 13.2 Å². The van der Waals surface area contributed by atoms with Crippen molar-refractivity contribution in [2.75, 3.05) is 26.2 Å². The van der Waals surface area contributed by atoms with Crippen LogP contribution in [0.5, 0.6) is 0 Å². The monoisotopic (exact) mass is 282 g/mol. The summed E-state index contributed by atoms with van der Waals surface area (Å²) in [5.74, 6) is 0. The van der Waals surface area contributed by atoms with E-state index < -0.39 is 6.36 Å². The van der Waals surface area contributed by atoms with Crippen molar-refractivity contribution < 1.29 is 17.9 Å². The molecule has 1 saturated heterocycles.